The molecule has 174 valence electrons. The summed E-state index contributed by atoms with van der Waals surface area (Å²) in [5, 5.41) is 2.08. The number of carbonyl (C=O) groups excluding carboxylic acids is 2. The summed E-state index contributed by atoms with van der Waals surface area (Å²) < 4.78 is 23.7. The van der Waals surface area contributed by atoms with Crippen LogP contribution in [-0.4, -0.2) is 48.7 Å². The summed E-state index contributed by atoms with van der Waals surface area (Å²) in [5.74, 6) is -2.07. The summed E-state index contributed by atoms with van der Waals surface area (Å²) in [5.41, 5.74) is 1.79. The normalized spacial score (nSPS) is 28.4. The van der Waals surface area contributed by atoms with E-state index < -0.39 is 18.1 Å². The molecule has 0 aromatic heterocycles. The van der Waals surface area contributed by atoms with Crippen LogP contribution in [0, 0.1) is 5.92 Å². The Labute approximate surface area is 197 Å². The van der Waals surface area contributed by atoms with Gasteiger partial charge < -0.3 is 18.9 Å². The lowest BCUT2D eigenvalue weighted by atomic mass is 9.86. The molecule has 3 aromatic carbocycles. The van der Waals surface area contributed by atoms with Crippen LogP contribution in [0.25, 0.3) is 10.8 Å². The average Bonchev–Trinajstić information content (AvgIpc) is 3.26. The summed E-state index contributed by atoms with van der Waals surface area (Å²) in [6.45, 7) is 1.44. The van der Waals surface area contributed by atoms with Crippen molar-refractivity contribution in [2.24, 2.45) is 5.92 Å². The van der Waals surface area contributed by atoms with E-state index >= 15 is 0 Å². The number of carbonyl (C=O) groups is 2. The lowest BCUT2D eigenvalue weighted by molar-refractivity contribution is -0.462. The largest absolute Gasteiger partial charge is 0.444 e. The first-order valence-corrected chi connectivity index (χ1v) is 11.6. The Hall–Kier alpha value is -3.26. The van der Waals surface area contributed by atoms with Crippen molar-refractivity contribution in [2.75, 3.05) is 19.8 Å². The number of likely N-dealkylation sites (tertiary alicyclic amines) is 1. The molecule has 4 aliphatic rings. The van der Waals surface area contributed by atoms with Gasteiger partial charge in [-0.2, -0.15) is 0 Å². The summed E-state index contributed by atoms with van der Waals surface area (Å²) >= 11 is 0. The van der Waals surface area contributed by atoms with Crippen LogP contribution in [0.1, 0.15) is 23.5 Å². The maximum atomic E-state index is 13.3. The molecule has 3 aromatic rings. The molecule has 0 saturated carbocycles. The third-order valence-corrected chi connectivity index (χ3v) is 6.87. The van der Waals surface area contributed by atoms with E-state index in [1.165, 1.54) is 0 Å². The zero-order chi connectivity index (χ0) is 23.1. The van der Waals surface area contributed by atoms with Crippen LogP contribution in [-0.2, 0) is 30.3 Å². The Kier molecular flexibility index (Phi) is 5.32. The van der Waals surface area contributed by atoms with E-state index in [1.807, 2.05) is 72.8 Å². The van der Waals surface area contributed by atoms with E-state index in [-0.39, 0.29) is 30.8 Å². The molecule has 0 spiro atoms. The van der Waals surface area contributed by atoms with Crippen LogP contribution in [0.2, 0.25) is 0 Å². The molecule has 2 atom stereocenters. The van der Waals surface area contributed by atoms with Crippen LogP contribution in [0.15, 0.2) is 72.8 Å². The molecule has 0 radical (unpaired) electrons. The number of nitrogens with zero attached hydrogens (tertiary/aromatic N) is 1. The number of fused-ring (bicyclic) bond motifs is 4. The van der Waals surface area contributed by atoms with Crippen LogP contribution in [0.4, 0.5) is 4.79 Å². The molecule has 2 bridgehead atoms. The van der Waals surface area contributed by atoms with Crippen molar-refractivity contribution in [3.05, 3.63) is 83.9 Å². The molecular weight excluding hydrogens is 434 g/mol. The summed E-state index contributed by atoms with van der Waals surface area (Å²) in [6, 6.07) is 22.6. The molecule has 7 rings (SSSR count). The lowest BCUT2D eigenvalue weighted by Gasteiger charge is -2.50. The fourth-order valence-corrected chi connectivity index (χ4v) is 5.22. The second-order valence-corrected chi connectivity index (χ2v) is 9.03. The van der Waals surface area contributed by atoms with Gasteiger partial charge in [0, 0.05) is 18.3 Å². The smallest absolute Gasteiger partial charge is 0.417 e. The lowest BCUT2D eigenvalue weighted by Crippen LogP contribution is -2.65. The Bertz CT molecular complexity index is 1200. The Morgan fingerprint density at radius 3 is 2.35 bits per heavy atom. The molecule has 0 aliphatic carbocycles. The van der Waals surface area contributed by atoms with Crippen molar-refractivity contribution in [3.63, 3.8) is 0 Å². The molecule has 4 aliphatic heterocycles. The van der Waals surface area contributed by atoms with Crippen LogP contribution in [0.5, 0.6) is 0 Å². The molecule has 34 heavy (non-hydrogen) atoms. The van der Waals surface area contributed by atoms with Gasteiger partial charge in [-0.3, -0.25) is 4.79 Å². The SMILES string of the molecule is O=C1C[C@@H](c2cccc3ccccc23)[C@@H](C23OCC(CO2)CO3)N1C(=O)OCc1ccccc1. The van der Waals surface area contributed by atoms with Gasteiger partial charge >= 0.3 is 12.1 Å². The van der Waals surface area contributed by atoms with Crippen molar-refractivity contribution >= 4 is 22.8 Å². The van der Waals surface area contributed by atoms with Crippen molar-refractivity contribution in [1.29, 1.82) is 0 Å². The van der Waals surface area contributed by atoms with E-state index in [2.05, 4.69) is 0 Å². The number of ether oxygens (including phenoxy) is 4. The first kappa shape index (κ1) is 21.3. The molecule has 4 saturated heterocycles. The first-order valence-electron chi connectivity index (χ1n) is 11.6. The number of hydrogen-bond acceptors (Lipinski definition) is 6. The highest BCUT2D eigenvalue weighted by atomic mass is 16.9. The van der Waals surface area contributed by atoms with Gasteiger partial charge in [0.1, 0.15) is 12.6 Å². The zero-order valence-electron chi connectivity index (χ0n) is 18.6. The van der Waals surface area contributed by atoms with Gasteiger partial charge in [-0.05, 0) is 21.9 Å². The minimum Gasteiger partial charge on any atom is -0.444 e. The van der Waals surface area contributed by atoms with Gasteiger partial charge in [-0.1, -0.05) is 72.8 Å². The van der Waals surface area contributed by atoms with Crippen molar-refractivity contribution in [1.82, 2.24) is 4.90 Å². The van der Waals surface area contributed by atoms with Crippen LogP contribution < -0.4 is 0 Å². The van der Waals surface area contributed by atoms with Crippen molar-refractivity contribution in [3.8, 4) is 0 Å². The maximum absolute atomic E-state index is 13.3. The first-order chi connectivity index (χ1) is 16.6. The Balaban J connectivity index is 1.38. The average molecular weight is 459 g/mol. The van der Waals surface area contributed by atoms with Gasteiger partial charge in [-0.15, -0.1) is 0 Å². The van der Waals surface area contributed by atoms with Crippen molar-refractivity contribution < 1.29 is 28.5 Å². The minimum absolute atomic E-state index is 0.0623. The van der Waals surface area contributed by atoms with E-state index in [1.54, 1.807) is 0 Å². The Morgan fingerprint density at radius 1 is 0.912 bits per heavy atom. The van der Waals surface area contributed by atoms with E-state index in [9.17, 15) is 9.59 Å². The fraction of sp³-hybridized carbons (Fsp3) is 0.333. The fourth-order valence-electron chi connectivity index (χ4n) is 5.22. The third kappa shape index (κ3) is 3.57. The Morgan fingerprint density at radius 2 is 1.59 bits per heavy atom. The second-order valence-electron chi connectivity index (χ2n) is 9.03. The molecular formula is C27H25NO6. The highest BCUT2D eigenvalue weighted by Gasteiger charge is 2.62. The predicted octanol–water partition coefficient (Wildman–Crippen LogP) is 4.21. The van der Waals surface area contributed by atoms with Gasteiger partial charge in [0.25, 0.3) is 0 Å². The highest BCUT2D eigenvalue weighted by molar-refractivity contribution is 5.96. The maximum Gasteiger partial charge on any atom is 0.417 e. The zero-order valence-corrected chi connectivity index (χ0v) is 18.6. The van der Waals surface area contributed by atoms with Gasteiger partial charge in [0.15, 0.2) is 0 Å². The predicted molar refractivity (Wildman–Crippen MR) is 123 cm³/mol. The molecule has 7 nitrogen and oxygen atoms in total. The quantitative estimate of drug-likeness (QED) is 0.582. The van der Waals surface area contributed by atoms with Gasteiger partial charge in [-0.25, -0.2) is 9.69 Å². The van der Waals surface area contributed by atoms with E-state index in [0.29, 0.717) is 19.8 Å². The van der Waals surface area contributed by atoms with Crippen molar-refractivity contribution in [2.45, 2.75) is 31.0 Å². The molecule has 7 heteroatoms. The summed E-state index contributed by atoms with van der Waals surface area (Å²) in [7, 11) is 0. The summed E-state index contributed by atoms with van der Waals surface area (Å²) in [6.07, 6.45) is -0.597. The minimum atomic E-state index is -1.51. The molecule has 2 amide bonds. The highest BCUT2D eigenvalue weighted by Crippen LogP contribution is 2.47. The topological polar surface area (TPSA) is 74.3 Å². The van der Waals surface area contributed by atoms with Crippen LogP contribution >= 0.6 is 0 Å². The number of benzene rings is 3. The molecule has 0 unspecified atom stereocenters. The number of rotatable bonds is 4. The standard InChI is InChI=1S/C27H25NO6/c29-24-13-23(22-12-6-10-20-9-4-5-11-21(20)22)25(27-32-15-19(16-33-27)17-34-27)28(24)26(30)31-14-18-7-2-1-3-8-18/h1-12,19,23,25H,13-17H2/t19?,23-,25-,27?/m0/s1. The third-order valence-electron chi connectivity index (χ3n) is 6.87. The van der Waals surface area contributed by atoms with Gasteiger partial charge in [0.05, 0.1) is 19.8 Å². The number of amides is 2. The molecule has 4 heterocycles. The number of imide groups is 1. The van der Waals surface area contributed by atoms with E-state index in [4.69, 9.17) is 18.9 Å². The monoisotopic (exact) mass is 459 g/mol. The molecule has 4 fully saturated rings. The van der Waals surface area contributed by atoms with Crippen LogP contribution in [0.3, 0.4) is 0 Å². The summed E-state index contributed by atoms with van der Waals surface area (Å²) in [4.78, 5) is 27.8. The van der Waals surface area contributed by atoms with Gasteiger partial charge in [0.2, 0.25) is 5.91 Å². The molecule has 0 N–H and O–H groups in total. The number of hydrogen-bond donors (Lipinski definition) is 0. The van der Waals surface area contributed by atoms with E-state index in [0.717, 1.165) is 26.8 Å². The second kappa shape index (κ2) is 8.51.